The molecule has 0 aliphatic heterocycles. The summed E-state index contributed by atoms with van der Waals surface area (Å²) in [7, 11) is 0. The largest absolute Gasteiger partial charge is 0.390 e. The van der Waals surface area contributed by atoms with E-state index in [1.807, 2.05) is 0 Å². The Kier molecular flexibility index (Phi) is 4.59. The van der Waals surface area contributed by atoms with Crippen molar-refractivity contribution in [3.63, 3.8) is 0 Å². The van der Waals surface area contributed by atoms with E-state index < -0.39 is 5.60 Å². The fourth-order valence-corrected chi connectivity index (χ4v) is 2.13. The second-order valence-electron chi connectivity index (χ2n) is 4.57. The van der Waals surface area contributed by atoms with Crippen molar-refractivity contribution in [2.45, 2.75) is 70.3 Å². The Morgan fingerprint density at radius 1 is 1.21 bits per heavy atom. The molecule has 0 amide bonds. The SMILES string of the molecule is CCCCCCC1(O)CCC(=O)CC1. The highest BCUT2D eigenvalue weighted by Crippen LogP contribution is 2.30. The number of unbranched alkanes of at least 4 members (excludes halogenated alkanes) is 3. The van der Waals surface area contributed by atoms with Crippen LogP contribution in [0.4, 0.5) is 0 Å². The van der Waals surface area contributed by atoms with Crippen molar-refractivity contribution in [2.24, 2.45) is 0 Å². The van der Waals surface area contributed by atoms with Gasteiger partial charge in [0.2, 0.25) is 0 Å². The minimum Gasteiger partial charge on any atom is -0.390 e. The van der Waals surface area contributed by atoms with Crippen LogP contribution in [0.2, 0.25) is 0 Å². The van der Waals surface area contributed by atoms with Crippen LogP contribution in [0, 0.1) is 0 Å². The Bertz CT molecular complexity index is 177. The summed E-state index contributed by atoms with van der Waals surface area (Å²) in [5, 5.41) is 10.1. The van der Waals surface area contributed by atoms with Gasteiger partial charge in [0.15, 0.2) is 0 Å². The van der Waals surface area contributed by atoms with Gasteiger partial charge in [-0.25, -0.2) is 0 Å². The van der Waals surface area contributed by atoms with Crippen LogP contribution in [0.3, 0.4) is 0 Å². The first-order valence-corrected chi connectivity index (χ1v) is 5.90. The smallest absolute Gasteiger partial charge is 0.133 e. The van der Waals surface area contributed by atoms with Gasteiger partial charge in [0.1, 0.15) is 5.78 Å². The monoisotopic (exact) mass is 198 g/mol. The highest BCUT2D eigenvalue weighted by molar-refractivity contribution is 5.79. The van der Waals surface area contributed by atoms with Crippen molar-refractivity contribution in [3.05, 3.63) is 0 Å². The number of hydrogen-bond donors (Lipinski definition) is 1. The fraction of sp³-hybridized carbons (Fsp3) is 0.917. The van der Waals surface area contributed by atoms with Gasteiger partial charge in [-0.3, -0.25) is 4.79 Å². The standard InChI is InChI=1S/C12H22O2/c1-2-3-4-5-8-12(14)9-6-11(13)7-10-12/h14H,2-10H2,1H3. The van der Waals surface area contributed by atoms with Crippen LogP contribution in [0.15, 0.2) is 0 Å². The fourth-order valence-electron chi connectivity index (χ4n) is 2.13. The number of Topliss-reactive ketones (excluding diaryl/α,β-unsaturated/α-hetero) is 1. The third kappa shape index (κ3) is 3.79. The molecule has 1 fully saturated rings. The van der Waals surface area contributed by atoms with Crippen LogP contribution in [0.5, 0.6) is 0 Å². The molecule has 82 valence electrons. The zero-order valence-electron chi connectivity index (χ0n) is 9.22. The van der Waals surface area contributed by atoms with Crippen LogP contribution in [0.1, 0.15) is 64.7 Å². The summed E-state index contributed by atoms with van der Waals surface area (Å²) < 4.78 is 0. The topological polar surface area (TPSA) is 37.3 Å². The highest BCUT2D eigenvalue weighted by atomic mass is 16.3. The first-order chi connectivity index (χ1) is 6.66. The molecule has 1 N–H and O–H groups in total. The summed E-state index contributed by atoms with van der Waals surface area (Å²) in [5.74, 6) is 0.322. The van der Waals surface area contributed by atoms with E-state index in [4.69, 9.17) is 0 Å². The van der Waals surface area contributed by atoms with E-state index >= 15 is 0 Å². The zero-order valence-corrected chi connectivity index (χ0v) is 9.22. The molecule has 0 aromatic carbocycles. The Morgan fingerprint density at radius 2 is 1.86 bits per heavy atom. The van der Waals surface area contributed by atoms with Gasteiger partial charge in [-0.1, -0.05) is 32.6 Å². The molecule has 0 aromatic heterocycles. The molecular weight excluding hydrogens is 176 g/mol. The summed E-state index contributed by atoms with van der Waals surface area (Å²) in [5.41, 5.74) is -0.512. The highest BCUT2D eigenvalue weighted by Gasteiger charge is 2.31. The number of carbonyl (C=O) groups excluding carboxylic acids is 1. The molecule has 0 unspecified atom stereocenters. The molecule has 0 bridgehead atoms. The molecule has 0 saturated heterocycles. The average molecular weight is 198 g/mol. The van der Waals surface area contributed by atoms with E-state index in [1.165, 1.54) is 19.3 Å². The number of carbonyl (C=O) groups is 1. The first-order valence-electron chi connectivity index (χ1n) is 5.90. The molecule has 0 heterocycles. The molecule has 14 heavy (non-hydrogen) atoms. The van der Waals surface area contributed by atoms with Crippen molar-refractivity contribution >= 4 is 5.78 Å². The first kappa shape index (κ1) is 11.7. The maximum Gasteiger partial charge on any atom is 0.133 e. The van der Waals surface area contributed by atoms with Gasteiger partial charge in [-0.15, -0.1) is 0 Å². The van der Waals surface area contributed by atoms with Crippen LogP contribution in [-0.4, -0.2) is 16.5 Å². The van der Waals surface area contributed by atoms with E-state index in [1.54, 1.807) is 0 Å². The van der Waals surface area contributed by atoms with Gasteiger partial charge >= 0.3 is 0 Å². The lowest BCUT2D eigenvalue weighted by Gasteiger charge is -2.31. The van der Waals surface area contributed by atoms with E-state index in [0.29, 0.717) is 31.5 Å². The third-order valence-corrected chi connectivity index (χ3v) is 3.23. The van der Waals surface area contributed by atoms with Crippen molar-refractivity contribution in [2.75, 3.05) is 0 Å². The molecule has 1 saturated carbocycles. The minimum atomic E-state index is -0.512. The summed E-state index contributed by atoms with van der Waals surface area (Å²) >= 11 is 0. The summed E-state index contributed by atoms with van der Waals surface area (Å²) in [6.45, 7) is 2.19. The molecule has 2 nitrogen and oxygen atoms in total. The molecule has 0 aromatic rings. The normalized spacial score (nSPS) is 21.1. The average Bonchev–Trinajstić information content (AvgIpc) is 2.18. The summed E-state index contributed by atoms with van der Waals surface area (Å²) in [4.78, 5) is 11.0. The lowest BCUT2D eigenvalue weighted by atomic mass is 9.81. The van der Waals surface area contributed by atoms with Gasteiger partial charge in [-0.05, 0) is 19.3 Å². The molecular formula is C12H22O2. The Labute approximate surface area is 86.7 Å². The maximum absolute atomic E-state index is 11.0. The molecule has 2 heteroatoms. The molecule has 1 aliphatic rings. The van der Waals surface area contributed by atoms with Crippen molar-refractivity contribution in [1.82, 2.24) is 0 Å². The molecule has 0 spiro atoms. The number of ketones is 1. The van der Waals surface area contributed by atoms with Gasteiger partial charge in [0, 0.05) is 12.8 Å². The van der Waals surface area contributed by atoms with Crippen LogP contribution >= 0.6 is 0 Å². The van der Waals surface area contributed by atoms with E-state index in [2.05, 4.69) is 6.92 Å². The van der Waals surface area contributed by atoms with Crippen LogP contribution < -0.4 is 0 Å². The van der Waals surface area contributed by atoms with Crippen molar-refractivity contribution < 1.29 is 9.90 Å². The molecule has 1 rings (SSSR count). The summed E-state index contributed by atoms with van der Waals surface area (Å²) in [6, 6.07) is 0. The second kappa shape index (κ2) is 5.50. The van der Waals surface area contributed by atoms with Crippen molar-refractivity contribution in [1.29, 1.82) is 0 Å². The van der Waals surface area contributed by atoms with Gasteiger partial charge in [0.05, 0.1) is 5.60 Å². The molecule has 1 aliphatic carbocycles. The Morgan fingerprint density at radius 3 is 2.43 bits per heavy atom. The van der Waals surface area contributed by atoms with Gasteiger partial charge < -0.3 is 5.11 Å². The quantitative estimate of drug-likeness (QED) is 0.690. The Balaban J connectivity index is 2.18. The van der Waals surface area contributed by atoms with E-state index in [9.17, 15) is 9.90 Å². The lowest BCUT2D eigenvalue weighted by Crippen LogP contribution is -2.34. The number of aliphatic hydroxyl groups is 1. The third-order valence-electron chi connectivity index (χ3n) is 3.23. The van der Waals surface area contributed by atoms with E-state index in [-0.39, 0.29) is 0 Å². The van der Waals surface area contributed by atoms with Crippen molar-refractivity contribution in [3.8, 4) is 0 Å². The maximum atomic E-state index is 11.0. The minimum absolute atomic E-state index is 0.322. The molecule has 0 radical (unpaired) electrons. The second-order valence-corrected chi connectivity index (χ2v) is 4.57. The zero-order chi connectivity index (χ0) is 10.4. The van der Waals surface area contributed by atoms with Gasteiger partial charge in [0.25, 0.3) is 0 Å². The van der Waals surface area contributed by atoms with Crippen LogP contribution in [-0.2, 0) is 4.79 Å². The van der Waals surface area contributed by atoms with Crippen LogP contribution in [0.25, 0.3) is 0 Å². The van der Waals surface area contributed by atoms with E-state index in [0.717, 1.165) is 12.8 Å². The Hall–Kier alpha value is -0.370. The summed E-state index contributed by atoms with van der Waals surface area (Å²) in [6.07, 6.45) is 8.27. The number of hydrogen-bond acceptors (Lipinski definition) is 2. The predicted octanol–water partition coefficient (Wildman–Crippen LogP) is 2.83. The lowest BCUT2D eigenvalue weighted by molar-refractivity contribution is -0.125. The molecule has 0 atom stereocenters. The van der Waals surface area contributed by atoms with Gasteiger partial charge in [-0.2, -0.15) is 0 Å². The predicted molar refractivity (Wildman–Crippen MR) is 57.2 cm³/mol. The number of rotatable bonds is 5.